The Hall–Kier alpha value is -4.65. The van der Waals surface area contributed by atoms with Crippen LogP contribution in [0.2, 0.25) is 0 Å². The van der Waals surface area contributed by atoms with Crippen LogP contribution in [0, 0.1) is 0 Å². The lowest BCUT2D eigenvalue weighted by Gasteiger charge is -2.13. The predicted molar refractivity (Wildman–Crippen MR) is 147 cm³/mol. The van der Waals surface area contributed by atoms with E-state index in [-0.39, 0.29) is 17.4 Å². The van der Waals surface area contributed by atoms with Crippen LogP contribution in [0.15, 0.2) is 47.7 Å². The van der Waals surface area contributed by atoms with Gasteiger partial charge in [0, 0.05) is 44.4 Å². The molecule has 1 N–H and O–H groups in total. The largest absolute Gasteiger partial charge is 0.341 e. The van der Waals surface area contributed by atoms with E-state index in [1.54, 1.807) is 30.1 Å². The van der Waals surface area contributed by atoms with Crippen LogP contribution in [-0.2, 0) is 24.9 Å². The van der Waals surface area contributed by atoms with E-state index >= 15 is 0 Å². The Balaban J connectivity index is 1.42. The molecule has 1 amide bonds. The van der Waals surface area contributed by atoms with Crippen molar-refractivity contribution in [3.8, 4) is 0 Å². The van der Waals surface area contributed by atoms with E-state index in [4.69, 9.17) is 4.98 Å². The highest BCUT2D eigenvalue weighted by atomic mass is 32.1. The number of thiazole rings is 1. The molecule has 6 aromatic rings. The molecule has 1 atom stereocenters. The molecule has 5 aromatic heterocycles. The lowest BCUT2D eigenvalue weighted by molar-refractivity contribution is -0.119. The molecule has 0 radical (unpaired) electrons. The molecule has 0 aliphatic rings. The molecule has 0 aliphatic carbocycles. The van der Waals surface area contributed by atoms with Crippen LogP contribution in [0.5, 0.6) is 0 Å². The Kier molecular flexibility index (Phi) is 5.87. The summed E-state index contributed by atoms with van der Waals surface area (Å²) in [5.74, 6) is -0.499. The molecule has 198 valence electrons. The van der Waals surface area contributed by atoms with E-state index in [1.165, 1.54) is 34.5 Å². The quantitative estimate of drug-likeness (QED) is 0.341. The Morgan fingerprint density at radius 3 is 2.56 bits per heavy atom. The zero-order valence-electron chi connectivity index (χ0n) is 21.7. The molecule has 0 spiro atoms. The van der Waals surface area contributed by atoms with Crippen molar-refractivity contribution in [3.63, 3.8) is 0 Å². The fraction of sp³-hybridized carbons (Fsp3) is 0.269. The number of nitrogens with zero attached hydrogens (tertiary/aromatic N) is 8. The summed E-state index contributed by atoms with van der Waals surface area (Å²) in [6.45, 7) is 5.93. The first-order valence-electron chi connectivity index (χ1n) is 12.4. The summed E-state index contributed by atoms with van der Waals surface area (Å²) in [5.41, 5.74) is 3.35. The van der Waals surface area contributed by atoms with Crippen LogP contribution >= 0.6 is 11.3 Å². The molecule has 1 aromatic carbocycles. The van der Waals surface area contributed by atoms with Gasteiger partial charge in [-0.15, -0.1) is 11.3 Å². The Morgan fingerprint density at radius 2 is 1.85 bits per heavy atom. The fourth-order valence-corrected chi connectivity index (χ4v) is 6.06. The maximum Gasteiger partial charge on any atom is 0.291 e. The van der Waals surface area contributed by atoms with Crippen molar-refractivity contribution in [1.82, 2.24) is 44.2 Å². The van der Waals surface area contributed by atoms with E-state index < -0.39 is 6.04 Å². The van der Waals surface area contributed by atoms with E-state index in [0.29, 0.717) is 33.8 Å². The summed E-state index contributed by atoms with van der Waals surface area (Å²) in [6, 6.07) is 6.99. The van der Waals surface area contributed by atoms with Gasteiger partial charge in [-0.05, 0) is 24.6 Å². The van der Waals surface area contributed by atoms with Crippen molar-refractivity contribution in [2.24, 2.45) is 7.05 Å². The molecule has 39 heavy (non-hydrogen) atoms. The van der Waals surface area contributed by atoms with E-state index in [0.717, 1.165) is 27.7 Å². The maximum absolute atomic E-state index is 13.6. The number of hydrogen-bond acceptors (Lipinski definition) is 8. The Labute approximate surface area is 225 Å². The van der Waals surface area contributed by atoms with Gasteiger partial charge in [0.1, 0.15) is 16.6 Å². The third-order valence-electron chi connectivity index (χ3n) is 6.76. The number of carbonyl (C=O) groups is 2. The first-order chi connectivity index (χ1) is 18.8. The topological polar surface area (TPSA) is 135 Å². The second kappa shape index (κ2) is 9.27. The number of hydrogen-bond donors (Lipinski definition) is 1. The van der Waals surface area contributed by atoms with Gasteiger partial charge >= 0.3 is 0 Å². The summed E-state index contributed by atoms with van der Waals surface area (Å²) < 4.78 is 7.14. The normalized spacial score (nSPS) is 12.5. The van der Waals surface area contributed by atoms with Crippen LogP contribution < -0.4 is 10.9 Å². The molecule has 5 heterocycles. The summed E-state index contributed by atoms with van der Waals surface area (Å²) in [4.78, 5) is 42.1. The van der Waals surface area contributed by atoms with Gasteiger partial charge in [-0.25, -0.2) is 14.3 Å². The van der Waals surface area contributed by atoms with Crippen LogP contribution in [-0.4, -0.2) is 50.7 Å². The first-order valence-corrected chi connectivity index (χ1v) is 13.2. The van der Waals surface area contributed by atoms with Crippen LogP contribution in [0.25, 0.3) is 32.2 Å². The Bertz CT molecular complexity index is 1970. The van der Waals surface area contributed by atoms with Gasteiger partial charge in [0.2, 0.25) is 11.8 Å². The number of aromatic nitrogens is 8. The van der Waals surface area contributed by atoms with Gasteiger partial charge in [0.05, 0.1) is 34.8 Å². The summed E-state index contributed by atoms with van der Waals surface area (Å²) in [6.07, 6.45) is 5.07. The molecule has 6 rings (SSSR count). The molecule has 0 bridgehead atoms. The fourth-order valence-electron chi connectivity index (χ4n) is 4.89. The maximum atomic E-state index is 13.6. The third kappa shape index (κ3) is 4.02. The number of nitrogens with one attached hydrogen (secondary N) is 1. The van der Waals surface area contributed by atoms with Gasteiger partial charge in [0.15, 0.2) is 5.65 Å². The highest BCUT2D eigenvalue weighted by Gasteiger charge is 2.26. The highest BCUT2D eigenvalue weighted by Crippen LogP contribution is 2.35. The standard InChI is InChI=1S/C26H25N9O3S/c1-5-33-20-8-6-7-16(17(20)11-27-33)13-35-26(38)22-18(12-28-35)23-24(32(22)4)30-25(39-23)21(29-14(2)36)19-9-10-34(31-19)15(3)37/h6-12,21H,5,13H2,1-4H3,(H,29,36). The third-order valence-corrected chi connectivity index (χ3v) is 7.90. The first kappa shape index (κ1) is 24.7. The number of aryl methyl sites for hydroxylation is 2. The number of carbonyl (C=O) groups excluding carboxylic acids is 2. The van der Waals surface area contributed by atoms with Crippen LogP contribution in [0.1, 0.15) is 47.9 Å². The second-order valence-corrected chi connectivity index (χ2v) is 10.3. The zero-order chi connectivity index (χ0) is 27.4. The predicted octanol–water partition coefficient (Wildman–Crippen LogP) is 2.84. The van der Waals surface area contributed by atoms with Gasteiger partial charge in [-0.2, -0.15) is 15.3 Å². The molecular weight excluding hydrogens is 518 g/mol. The number of benzene rings is 1. The molecule has 0 saturated carbocycles. The van der Waals surface area contributed by atoms with Gasteiger partial charge in [-0.3, -0.25) is 19.1 Å². The highest BCUT2D eigenvalue weighted by molar-refractivity contribution is 7.19. The SMILES string of the molecule is CCn1ncc2c(Cn3ncc4c5sc(C(NC(C)=O)c6ccn(C(C)=O)n6)nc5n(C)c4c3=O)cccc21. The molecule has 12 nitrogen and oxygen atoms in total. The lowest BCUT2D eigenvalue weighted by atomic mass is 10.1. The van der Waals surface area contributed by atoms with Crippen LogP contribution in [0.4, 0.5) is 0 Å². The van der Waals surface area contributed by atoms with Gasteiger partial charge < -0.3 is 9.88 Å². The average Bonchev–Trinajstić information content (AvgIpc) is 3.69. The molecule has 0 aliphatic heterocycles. The molecule has 0 saturated heterocycles. The van der Waals surface area contributed by atoms with Crippen LogP contribution in [0.3, 0.4) is 0 Å². The van der Waals surface area contributed by atoms with E-state index in [2.05, 4.69) is 20.6 Å². The summed E-state index contributed by atoms with van der Waals surface area (Å²) in [5, 5.41) is 18.4. The van der Waals surface area contributed by atoms with Crippen molar-refractivity contribution >= 4 is 55.3 Å². The van der Waals surface area contributed by atoms with Crippen molar-refractivity contribution in [1.29, 1.82) is 0 Å². The number of amides is 1. The number of rotatable bonds is 6. The van der Waals surface area contributed by atoms with Gasteiger partial charge in [-0.1, -0.05) is 12.1 Å². The second-order valence-electron chi connectivity index (χ2n) is 9.28. The molecular formula is C26H25N9O3S. The minimum Gasteiger partial charge on any atom is -0.341 e. The summed E-state index contributed by atoms with van der Waals surface area (Å²) in [7, 11) is 1.80. The minimum absolute atomic E-state index is 0.222. The van der Waals surface area contributed by atoms with Gasteiger partial charge in [0.25, 0.3) is 5.56 Å². The monoisotopic (exact) mass is 543 g/mol. The summed E-state index contributed by atoms with van der Waals surface area (Å²) >= 11 is 1.36. The van der Waals surface area contributed by atoms with Crippen molar-refractivity contribution < 1.29 is 9.59 Å². The molecule has 1 unspecified atom stereocenters. The lowest BCUT2D eigenvalue weighted by Crippen LogP contribution is -2.27. The smallest absolute Gasteiger partial charge is 0.291 e. The number of fused-ring (bicyclic) bond motifs is 4. The Morgan fingerprint density at radius 1 is 1.08 bits per heavy atom. The molecule has 0 fully saturated rings. The zero-order valence-corrected chi connectivity index (χ0v) is 22.6. The minimum atomic E-state index is -0.645. The van der Waals surface area contributed by atoms with Crippen molar-refractivity contribution in [2.45, 2.75) is 39.9 Å². The van der Waals surface area contributed by atoms with Crippen molar-refractivity contribution in [2.75, 3.05) is 0 Å². The average molecular weight is 544 g/mol. The van der Waals surface area contributed by atoms with E-state index in [1.807, 2.05) is 36.0 Å². The molecule has 13 heteroatoms. The van der Waals surface area contributed by atoms with E-state index in [9.17, 15) is 14.4 Å². The van der Waals surface area contributed by atoms with Crippen molar-refractivity contribution in [3.05, 3.63) is 69.5 Å².